The molecule has 20 heavy (non-hydrogen) atoms. The molecular weight excluding hydrogens is 252 g/mol. The summed E-state index contributed by atoms with van der Waals surface area (Å²) in [5.74, 6) is -0.416. The minimum Gasteiger partial charge on any atom is -0.376 e. The third-order valence-corrected chi connectivity index (χ3v) is 3.38. The van der Waals surface area contributed by atoms with Crippen LogP contribution in [0.2, 0.25) is 0 Å². The van der Waals surface area contributed by atoms with Crippen LogP contribution in [0.3, 0.4) is 0 Å². The predicted octanol–water partition coefficient (Wildman–Crippen LogP) is 2.18. The molecule has 1 aromatic carbocycles. The molecule has 0 aliphatic heterocycles. The zero-order chi connectivity index (χ0) is 15.2. The number of ether oxygens (including phenoxy) is 1. The van der Waals surface area contributed by atoms with E-state index in [2.05, 4.69) is 12.2 Å². The molecule has 0 fully saturated rings. The fourth-order valence-corrected chi connectivity index (χ4v) is 2.09. The van der Waals surface area contributed by atoms with Crippen molar-refractivity contribution in [3.05, 3.63) is 35.9 Å². The summed E-state index contributed by atoms with van der Waals surface area (Å²) in [7, 11) is 0. The first-order valence-corrected chi connectivity index (χ1v) is 7.17. The van der Waals surface area contributed by atoms with Gasteiger partial charge in [-0.3, -0.25) is 10.1 Å². The molecule has 4 heteroatoms. The number of primary amides is 1. The van der Waals surface area contributed by atoms with E-state index in [-0.39, 0.29) is 18.8 Å². The zero-order valence-electron chi connectivity index (χ0n) is 12.8. The van der Waals surface area contributed by atoms with E-state index >= 15 is 0 Å². The van der Waals surface area contributed by atoms with Crippen LogP contribution in [0.1, 0.15) is 39.7 Å². The van der Waals surface area contributed by atoms with Gasteiger partial charge in [0.25, 0.3) is 0 Å². The fraction of sp³-hybridized carbons (Fsp3) is 0.562. The molecule has 0 spiro atoms. The van der Waals surface area contributed by atoms with Crippen LogP contribution in [0.5, 0.6) is 0 Å². The second kappa shape index (κ2) is 7.41. The van der Waals surface area contributed by atoms with E-state index in [0.29, 0.717) is 0 Å². The Bertz CT molecular complexity index is 420. The minimum absolute atomic E-state index is 0.0893. The molecule has 0 aliphatic rings. The van der Waals surface area contributed by atoms with Crippen molar-refractivity contribution in [3.63, 3.8) is 0 Å². The van der Waals surface area contributed by atoms with Crippen LogP contribution >= 0.6 is 0 Å². The van der Waals surface area contributed by atoms with Gasteiger partial charge in [-0.2, -0.15) is 0 Å². The molecule has 1 amide bonds. The van der Waals surface area contributed by atoms with Crippen molar-refractivity contribution < 1.29 is 9.53 Å². The minimum atomic E-state index is -0.987. The number of benzene rings is 1. The van der Waals surface area contributed by atoms with Gasteiger partial charge in [0.2, 0.25) is 5.91 Å². The molecule has 0 saturated carbocycles. The van der Waals surface area contributed by atoms with Crippen molar-refractivity contribution in [2.75, 3.05) is 6.61 Å². The molecule has 0 radical (unpaired) electrons. The largest absolute Gasteiger partial charge is 0.376 e. The summed E-state index contributed by atoms with van der Waals surface area (Å²) < 4.78 is 5.81. The molecule has 4 nitrogen and oxygen atoms in total. The number of hydrogen-bond acceptors (Lipinski definition) is 3. The Morgan fingerprint density at radius 3 is 2.35 bits per heavy atom. The van der Waals surface area contributed by atoms with E-state index in [9.17, 15) is 4.79 Å². The molecule has 0 bridgehead atoms. The number of nitrogens with two attached hydrogens (primary N) is 1. The van der Waals surface area contributed by atoms with Crippen molar-refractivity contribution >= 4 is 5.91 Å². The molecular formula is C16H26N2O2. The summed E-state index contributed by atoms with van der Waals surface area (Å²) in [6.45, 7) is 8.26. The van der Waals surface area contributed by atoms with Crippen LogP contribution < -0.4 is 11.1 Å². The Labute approximate surface area is 121 Å². The van der Waals surface area contributed by atoms with Crippen LogP contribution in [-0.2, 0) is 15.1 Å². The Kier molecular flexibility index (Phi) is 6.17. The van der Waals surface area contributed by atoms with Gasteiger partial charge in [0.1, 0.15) is 5.54 Å². The highest BCUT2D eigenvalue weighted by molar-refractivity contribution is 5.86. The molecule has 1 aromatic rings. The Morgan fingerprint density at radius 2 is 1.90 bits per heavy atom. The van der Waals surface area contributed by atoms with Crippen molar-refractivity contribution in [1.29, 1.82) is 0 Å². The molecule has 0 aromatic heterocycles. The topological polar surface area (TPSA) is 64.3 Å². The molecule has 0 heterocycles. The predicted molar refractivity (Wildman–Crippen MR) is 81.3 cm³/mol. The molecule has 2 atom stereocenters. The van der Waals surface area contributed by atoms with Gasteiger partial charge in [-0.1, -0.05) is 37.3 Å². The summed E-state index contributed by atoms with van der Waals surface area (Å²) in [6.07, 6.45) is 0.983. The maximum Gasteiger partial charge on any atom is 0.244 e. The van der Waals surface area contributed by atoms with E-state index in [1.807, 2.05) is 51.1 Å². The average molecular weight is 278 g/mol. The highest BCUT2D eigenvalue weighted by Gasteiger charge is 2.39. The first kappa shape index (κ1) is 16.7. The number of rotatable bonds is 8. The standard InChI is InChI=1S/C16H26N2O2/c1-5-13(4)20-11-16(15(17)19,18-12(2)3)14-9-7-6-8-10-14/h6-10,12-13,18H,5,11H2,1-4H3,(H2,17,19). The van der Waals surface area contributed by atoms with E-state index in [1.54, 1.807) is 0 Å². The van der Waals surface area contributed by atoms with Crippen LogP contribution in [-0.4, -0.2) is 24.7 Å². The van der Waals surface area contributed by atoms with Gasteiger partial charge >= 0.3 is 0 Å². The number of hydrogen-bond donors (Lipinski definition) is 2. The SMILES string of the molecule is CCC(C)OCC(NC(C)C)(C(N)=O)c1ccccc1. The smallest absolute Gasteiger partial charge is 0.244 e. The highest BCUT2D eigenvalue weighted by atomic mass is 16.5. The summed E-state index contributed by atoms with van der Waals surface area (Å²) in [5.41, 5.74) is 5.55. The second-order valence-corrected chi connectivity index (χ2v) is 5.46. The van der Waals surface area contributed by atoms with Gasteiger partial charge in [-0.05, 0) is 32.8 Å². The monoisotopic (exact) mass is 278 g/mol. The maximum atomic E-state index is 12.1. The lowest BCUT2D eigenvalue weighted by atomic mass is 9.89. The molecule has 3 N–H and O–H groups in total. The van der Waals surface area contributed by atoms with Crippen molar-refractivity contribution in [2.45, 2.75) is 51.8 Å². The van der Waals surface area contributed by atoms with Gasteiger partial charge < -0.3 is 10.5 Å². The van der Waals surface area contributed by atoms with Crippen LogP contribution in [0.15, 0.2) is 30.3 Å². The number of carbonyl (C=O) groups excluding carboxylic acids is 1. The number of amides is 1. The number of nitrogens with one attached hydrogen (secondary N) is 1. The lowest BCUT2D eigenvalue weighted by Crippen LogP contribution is -2.58. The fourth-order valence-electron chi connectivity index (χ4n) is 2.09. The summed E-state index contributed by atoms with van der Waals surface area (Å²) in [5, 5.41) is 3.29. The lowest BCUT2D eigenvalue weighted by molar-refractivity contribution is -0.129. The normalized spacial score (nSPS) is 15.8. The Morgan fingerprint density at radius 1 is 1.30 bits per heavy atom. The Balaban J connectivity index is 3.11. The van der Waals surface area contributed by atoms with Crippen LogP contribution in [0.4, 0.5) is 0 Å². The molecule has 0 aliphatic carbocycles. The number of carbonyl (C=O) groups is 1. The van der Waals surface area contributed by atoms with E-state index in [4.69, 9.17) is 10.5 Å². The van der Waals surface area contributed by atoms with Crippen molar-refractivity contribution in [3.8, 4) is 0 Å². The van der Waals surface area contributed by atoms with Crippen molar-refractivity contribution in [2.24, 2.45) is 5.73 Å². The lowest BCUT2D eigenvalue weighted by Gasteiger charge is -2.35. The van der Waals surface area contributed by atoms with Gasteiger partial charge in [0.15, 0.2) is 0 Å². The van der Waals surface area contributed by atoms with Crippen LogP contribution in [0, 0.1) is 0 Å². The molecule has 1 rings (SSSR count). The third kappa shape index (κ3) is 4.05. The third-order valence-electron chi connectivity index (χ3n) is 3.38. The van der Waals surface area contributed by atoms with E-state index in [0.717, 1.165) is 12.0 Å². The average Bonchev–Trinajstić information content (AvgIpc) is 2.43. The maximum absolute atomic E-state index is 12.1. The van der Waals surface area contributed by atoms with Crippen molar-refractivity contribution in [1.82, 2.24) is 5.32 Å². The zero-order valence-corrected chi connectivity index (χ0v) is 12.8. The van der Waals surface area contributed by atoms with Crippen LogP contribution in [0.25, 0.3) is 0 Å². The van der Waals surface area contributed by atoms with E-state index in [1.165, 1.54) is 0 Å². The first-order chi connectivity index (χ1) is 9.42. The molecule has 2 unspecified atom stereocenters. The van der Waals surface area contributed by atoms with Gasteiger partial charge in [0.05, 0.1) is 12.7 Å². The molecule has 0 saturated heterocycles. The highest BCUT2D eigenvalue weighted by Crippen LogP contribution is 2.23. The van der Waals surface area contributed by atoms with Gasteiger partial charge in [-0.25, -0.2) is 0 Å². The van der Waals surface area contributed by atoms with Gasteiger partial charge in [0, 0.05) is 6.04 Å². The first-order valence-electron chi connectivity index (χ1n) is 7.17. The van der Waals surface area contributed by atoms with Gasteiger partial charge in [-0.15, -0.1) is 0 Å². The summed E-state index contributed by atoms with van der Waals surface area (Å²) in [6, 6.07) is 9.64. The summed E-state index contributed by atoms with van der Waals surface area (Å²) >= 11 is 0. The Hall–Kier alpha value is -1.39. The summed E-state index contributed by atoms with van der Waals surface area (Å²) in [4.78, 5) is 12.1. The quantitative estimate of drug-likeness (QED) is 0.766. The van der Waals surface area contributed by atoms with E-state index < -0.39 is 11.4 Å². The second-order valence-electron chi connectivity index (χ2n) is 5.46. The molecule has 112 valence electrons.